The number of anilines is 2. The van der Waals surface area contributed by atoms with Crippen LogP contribution in [0.4, 0.5) is 16.2 Å². The fraction of sp³-hybridized carbons (Fsp3) is 0.241. The fourth-order valence-electron chi connectivity index (χ4n) is 3.69. The van der Waals surface area contributed by atoms with Crippen molar-refractivity contribution in [3.8, 4) is 22.9 Å². The molecule has 0 fully saturated rings. The van der Waals surface area contributed by atoms with E-state index in [4.69, 9.17) is 4.74 Å². The summed E-state index contributed by atoms with van der Waals surface area (Å²) in [4.78, 5) is 25.9. The Labute approximate surface area is 212 Å². The van der Waals surface area contributed by atoms with Crippen molar-refractivity contribution in [1.29, 1.82) is 0 Å². The van der Waals surface area contributed by atoms with Crippen LogP contribution < -0.4 is 15.4 Å². The SMILES string of the molecule is CCc1nccc(-c2cccnc2Oc2ccc(NC(=O)Nc3cccc(C(C)(C)C)c3)cc2C)n1. The molecule has 7 nitrogen and oxygen atoms in total. The van der Waals surface area contributed by atoms with E-state index < -0.39 is 0 Å². The van der Waals surface area contributed by atoms with E-state index in [0.717, 1.165) is 40.3 Å². The minimum absolute atomic E-state index is 0.000335. The van der Waals surface area contributed by atoms with Crippen molar-refractivity contribution in [3.63, 3.8) is 0 Å². The number of nitrogens with zero attached hydrogens (tertiary/aromatic N) is 3. The summed E-state index contributed by atoms with van der Waals surface area (Å²) in [7, 11) is 0. The van der Waals surface area contributed by atoms with E-state index in [-0.39, 0.29) is 11.4 Å². The van der Waals surface area contributed by atoms with Crippen LogP contribution in [0.3, 0.4) is 0 Å². The van der Waals surface area contributed by atoms with Gasteiger partial charge in [-0.2, -0.15) is 0 Å². The minimum Gasteiger partial charge on any atom is -0.438 e. The molecular weight excluding hydrogens is 450 g/mol. The molecule has 0 atom stereocenters. The lowest BCUT2D eigenvalue weighted by Crippen LogP contribution is -2.20. The largest absolute Gasteiger partial charge is 0.438 e. The van der Waals surface area contributed by atoms with Gasteiger partial charge < -0.3 is 15.4 Å². The van der Waals surface area contributed by atoms with Gasteiger partial charge in [-0.05, 0) is 72.0 Å². The third kappa shape index (κ3) is 6.05. The Morgan fingerprint density at radius 2 is 1.69 bits per heavy atom. The lowest BCUT2D eigenvalue weighted by atomic mass is 9.87. The molecule has 0 aliphatic carbocycles. The van der Waals surface area contributed by atoms with Gasteiger partial charge in [0.05, 0.1) is 11.3 Å². The van der Waals surface area contributed by atoms with Gasteiger partial charge in [0.15, 0.2) is 0 Å². The van der Waals surface area contributed by atoms with Crippen molar-refractivity contribution in [2.45, 2.75) is 46.5 Å². The Morgan fingerprint density at radius 3 is 2.42 bits per heavy atom. The second-order valence-electron chi connectivity index (χ2n) is 9.56. The monoisotopic (exact) mass is 481 g/mol. The van der Waals surface area contributed by atoms with Crippen LogP contribution >= 0.6 is 0 Å². The second kappa shape index (κ2) is 10.6. The summed E-state index contributed by atoms with van der Waals surface area (Å²) in [6.07, 6.45) is 4.17. The summed E-state index contributed by atoms with van der Waals surface area (Å²) < 4.78 is 6.17. The number of carbonyl (C=O) groups is 1. The number of hydrogen-bond donors (Lipinski definition) is 2. The summed E-state index contributed by atoms with van der Waals surface area (Å²) in [5, 5.41) is 5.80. The maximum atomic E-state index is 12.6. The van der Waals surface area contributed by atoms with Gasteiger partial charge in [-0.1, -0.05) is 39.8 Å². The molecule has 184 valence electrons. The highest BCUT2D eigenvalue weighted by atomic mass is 16.5. The molecule has 0 aliphatic rings. The normalized spacial score (nSPS) is 11.1. The zero-order valence-corrected chi connectivity index (χ0v) is 21.3. The average Bonchev–Trinajstić information content (AvgIpc) is 2.85. The van der Waals surface area contributed by atoms with Crippen LogP contribution in [0.15, 0.2) is 73.1 Å². The predicted octanol–water partition coefficient (Wildman–Crippen LogP) is 7.14. The van der Waals surface area contributed by atoms with Crippen molar-refractivity contribution in [1.82, 2.24) is 15.0 Å². The number of amides is 2. The molecule has 2 aromatic heterocycles. The Kier molecular flexibility index (Phi) is 7.29. The molecule has 0 spiro atoms. The number of hydrogen-bond acceptors (Lipinski definition) is 5. The molecule has 0 saturated carbocycles. The number of urea groups is 1. The molecule has 0 aliphatic heterocycles. The summed E-state index contributed by atoms with van der Waals surface area (Å²) in [6.45, 7) is 10.4. The van der Waals surface area contributed by atoms with Crippen LogP contribution in [-0.2, 0) is 11.8 Å². The van der Waals surface area contributed by atoms with Gasteiger partial charge >= 0.3 is 6.03 Å². The van der Waals surface area contributed by atoms with E-state index >= 15 is 0 Å². The highest BCUT2D eigenvalue weighted by molar-refractivity contribution is 5.99. The topological polar surface area (TPSA) is 89.0 Å². The zero-order valence-electron chi connectivity index (χ0n) is 21.3. The highest BCUT2D eigenvalue weighted by Crippen LogP contribution is 2.32. The first-order chi connectivity index (χ1) is 17.2. The first-order valence-corrected chi connectivity index (χ1v) is 12.0. The minimum atomic E-state index is -0.309. The van der Waals surface area contributed by atoms with Crippen LogP contribution in [0.1, 0.15) is 44.6 Å². The predicted molar refractivity (Wildman–Crippen MR) is 144 cm³/mol. The van der Waals surface area contributed by atoms with E-state index in [0.29, 0.717) is 17.3 Å². The van der Waals surface area contributed by atoms with Crippen molar-refractivity contribution >= 4 is 17.4 Å². The first-order valence-electron chi connectivity index (χ1n) is 12.0. The summed E-state index contributed by atoms with van der Waals surface area (Å²) >= 11 is 0. The van der Waals surface area contributed by atoms with Crippen molar-refractivity contribution < 1.29 is 9.53 Å². The van der Waals surface area contributed by atoms with E-state index in [2.05, 4.69) is 52.4 Å². The van der Waals surface area contributed by atoms with Gasteiger partial charge in [-0.15, -0.1) is 0 Å². The molecule has 2 N–H and O–H groups in total. The molecule has 7 heteroatoms. The molecule has 4 rings (SSSR count). The van der Waals surface area contributed by atoms with Crippen LogP contribution in [0, 0.1) is 6.92 Å². The van der Waals surface area contributed by atoms with E-state index in [1.54, 1.807) is 18.5 Å². The molecule has 2 heterocycles. The molecular formula is C29H31N5O2. The summed E-state index contributed by atoms with van der Waals surface area (Å²) in [6, 6.07) is 18.7. The third-order valence-electron chi connectivity index (χ3n) is 5.69. The summed E-state index contributed by atoms with van der Waals surface area (Å²) in [5.74, 6) is 1.86. The van der Waals surface area contributed by atoms with Gasteiger partial charge in [0, 0.05) is 30.2 Å². The van der Waals surface area contributed by atoms with Crippen molar-refractivity contribution in [2.24, 2.45) is 0 Å². The van der Waals surface area contributed by atoms with Gasteiger partial charge in [0.25, 0.3) is 0 Å². The molecule has 0 unspecified atom stereocenters. The van der Waals surface area contributed by atoms with Gasteiger partial charge in [0.1, 0.15) is 11.6 Å². The van der Waals surface area contributed by atoms with Crippen molar-refractivity contribution in [3.05, 3.63) is 90.0 Å². The second-order valence-corrected chi connectivity index (χ2v) is 9.56. The van der Waals surface area contributed by atoms with Crippen LogP contribution in [-0.4, -0.2) is 21.0 Å². The quantitative estimate of drug-likeness (QED) is 0.305. The van der Waals surface area contributed by atoms with E-state index in [9.17, 15) is 4.79 Å². The Bertz CT molecular complexity index is 1380. The lowest BCUT2D eigenvalue weighted by Gasteiger charge is -2.20. The molecule has 0 radical (unpaired) electrons. The van der Waals surface area contributed by atoms with E-state index in [1.807, 2.05) is 62.4 Å². The standard InChI is InChI=1S/C29H31N5O2/c1-6-26-30-16-14-24(34-26)23-11-8-15-31-27(23)36-25-13-12-22(17-19(25)2)33-28(35)32-21-10-7-9-20(18-21)29(3,4)5/h7-18H,6H2,1-5H3,(H2,32,33,35). The third-order valence-corrected chi connectivity index (χ3v) is 5.69. The summed E-state index contributed by atoms with van der Waals surface area (Å²) in [5.41, 5.74) is 4.96. The number of aromatic nitrogens is 3. The molecule has 2 aromatic carbocycles. The highest BCUT2D eigenvalue weighted by Gasteiger charge is 2.15. The molecule has 0 saturated heterocycles. The molecule has 2 amide bonds. The van der Waals surface area contributed by atoms with Gasteiger partial charge in [-0.3, -0.25) is 0 Å². The van der Waals surface area contributed by atoms with Gasteiger partial charge in [-0.25, -0.2) is 19.7 Å². The molecule has 36 heavy (non-hydrogen) atoms. The first kappa shape index (κ1) is 24.9. The number of benzene rings is 2. The van der Waals surface area contributed by atoms with Crippen LogP contribution in [0.5, 0.6) is 11.6 Å². The Balaban J connectivity index is 1.47. The molecule has 0 bridgehead atoms. The number of carbonyl (C=O) groups excluding carboxylic acids is 1. The maximum Gasteiger partial charge on any atom is 0.323 e. The lowest BCUT2D eigenvalue weighted by molar-refractivity contribution is 0.262. The number of rotatable bonds is 6. The zero-order chi connectivity index (χ0) is 25.7. The van der Waals surface area contributed by atoms with Crippen LogP contribution in [0.25, 0.3) is 11.3 Å². The van der Waals surface area contributed by atoms with Gasteiger partial charge in [0.2, 0.25) is 5.88 Å². The Hall–Kier alpha value is -4.26. The maximum absolute atomic E-state index is 12.6. The number of nitrogens with one attached hydrogen (secondary N) is 2. The molecule has 4 aromatic rings. The van der Waals surface area contributed by atoms with Crippen molar-refractivity contribution in [2.75, 3.05) is 10.6 Å². The smallest absolute Gasteiger partial charge is 0.323 e. The average molecular weight is 482 g/mol. The fourth-order valence-corrected chi connectivity index (χ4v) is 3.69. The number of ether oxygens (including phenoxy) is 1. The van der Waals surface area contributed by atoms with E-state index in [1.165, 1.54) is 0 Å². The number of pyridine rings is 1. The van der Waals surface area contributed by atoms with Crippen LogP contribution in [0.2, 0.25) is 0 Å². The number of aryl methyl sites for hydroxylation is 2. The Morgan fingerprint density at radius 1 is 0.917 bits per heavy atom.